The van der Waals surface area contributed by atoms with Gasteiger partial charge in [0.25, 0.3) is 5.91 Å². The van der Waals surface area contributed by atoms with Crippen molar-refractivity contribution in [3.8, 4) is 11.3 Å². The zero-order valence-corrected chi connectivity index (χ0v) is 16.9. The predicted molar refractivity (Wildman–Crippen MR) is 115 cm³/mol. The maximum Gasteiger partial charge on any atom is 0.270 e. The summed E-state index contributed by atoms with van der Waals surface area (Å²) < 4.78 is 6.28. The molecule has 0 saturated carbocycles. The van der Waals surface area contributed by atoms with E-state index < -0.39 is 5.97 Å². The van der Waals surface area contributed by atoms with E-state index in [-0.39, 0.29) is 11.5 Å². The van der Waals surface area contributed by atoms with Gasteiger partial charge in [0.1, 0.15) is 11.5 Å². The molecule has 0 unspecified atom stereocenters. The molecule has 0 aliphatic carbocycles. The van der Waals surface area contributed by atoms with E-state index in [4.69, 9.17) is 16.6 Å². The molecule has 0 bridgehead atoms. The zero-order chi connectivity index (χ0) is 20.5. The predicted octanol–water partition coefficient (Wildman–Crippen LogP) is 4.02. The number of carbonyl (C=O) groups excluding carboxylic acids is 2. The molecule has 1 aliphatic heterocycles. The Morgan fingerprint density at radius 1 is 1.14 bits per heavy atom. The standard InChI is InChI=1S/C22H15NO4S2/c1-13-3-2-4-16(11-13)23-20(24)19(29-22(23)28)12-17-9-10-18(27-17)14-5-7-15(8-6-14)21(25)26/h2-12H,1H3,(H,25,26)/p-1/b19-12-. The lowest BCUT2D eigenvalue weighted by atomic mass is 10.1. The van der Waals surface area contributed by atoms with Crippen molar-refractivity contribution in [3.05, 3.63) is 82.5 Å². The first kappa shape index (κ1) is 19.2. The fourth-order valence-corrected chi connectivity index (χ4v) is 4.22. The smallest absolute Gasteiger partial charge is 0.270 e. The molecule has 2 aromatic carbocycles. The van der Waals surface area contributed by atoms with Crippen LogP contribution in [0.2, 0.25) is 0 Å². The van der Waals surface area contributed by atoms with Crippen molar-refractivity contribution in [3.63, 3.8) is 0 Å². The summed E-state index contributed by atoms with van der Waals surface area (Å²) in [6, 6.07) is 17.3. The molecule has 2 heterocycles. The fraction of sp³-hybridized carbons (Fsp3) is 0.0455. The van der Waals surface area contributed by atoms with Crippen LogP contribution in [0.4, 0.5) is 5.69 Å². The van der Waals surface area contributed by atoms with Gasteiger partial charge < -0.3 is 14.3 Å². The van der Waals surface area contributed by atoms with Crippen LogP contribution >= 0.6 is 24.0 Å². The maximum atomic E-state index is 12.9. The van der Waals surface area contributed by atoms with Gasteiger partial charge in [0.2, 0.25) is 0 Å². The normalized spacial score (nSPS) is 15.3. The zero-order valence-electron chi connectivity index (χ0n) is 15.2. The second kappa shape index (κ2) is 7.69. The van der Waals surface area contributed by atoms with Crippen LogP contribution in [0.5, 0.6) is 0 Å². The molecule has 144 valence electrons. The summed E-state index contributed by atoms with van der Waals surface area (Å²) >= 11 is 6.62. The number of aromatic carboxylic acids is 1. The summed E-state index contributed by atoms with van der Waals surface area (Å²) in [6.45, 7) is 1.96. The maximum absolute atomic E-state index is 12.9. The number of benzene rings is 2. The summed E-state index contributed by atoms with van der Waals surface area (Å²) in [5.41, 5.74) is 2.60. The summed E-state index contributed by atoms with van der Waals surface area (Å²) in [7, 11) is 0. The first-order valence-corrected chi connectivity index (χ1v) is 9.91. The van der Waals surface area contributed by atoms with Gasteiger partial charge in [0.15, 0.2) is 4.32 Å². The van der Waals surface area contributed by atoms with Crippen molar-refractivity contribution < 1.29 is 19.1 Å². The number of rotatable bonds is 4. The quantitative estimate of drug-likeness (QED) is 0.469. The van der Waals surface area contributed by atoms with E-state index in [1.165, 1.54) is 28.8 Å². The first-order chi connectivity index (χ1) is 13.9. The topological polar surface area (TPSA) is 73.6 Å². The summed E-state index contributed by atoms with van der Waals surface area (Å²) in [5, 5.41) is 10.9. The minimum absolute atomic E-state index is 0.0975. The average molecular weight is 420 g/mol. The van der Waals surface area contributed by atoms with Crippen molar-refractivity contribution in [2.75, 3.05) is 4.90 Å². The van der Waals surface area contributed by atoms with Crippen molar-refractivity contribution in [2.45, 2.75) is 6.92 Å². The van der Waals surface area contributed by atoms with Gasteiger partial charge >= 0.3 is 0 Å². The van der Waals surface area contributed by atoms with E-state index in [2.05, 4.69) is 0 Å². The number of hydrogen-bond acceptors (Lipinski definition) is 6. The Balaban J connectivity index is 1.58. The van der Waals surface area contributed by atoms with Crippen LogP contribution in [-0.2, 0) is 4.79 Å². The Morgan fingerprint density at radius 3 is 2.59 bits per heavy atom. The van der Waals surface area contributed by atoms with Gasteiger partial charge in [-0.15, -0.1) is 0 Å². The highest BCUT2D eigenvalue weighted by Crippen LogP contribution is 2.36. The number of carboxylic acids is 1. The van der Waals surface area contributed by atoms with Gasteiger partial charge in [-0.05, 0) is 42.3 Å². The van der Waals surface area contributed by atoms with Gasteiger partial charge in [-0.3, -0.25) is 9.69 Å². The molecule has 29 heavy (non-hydrogen) atoms. The highest BCUT2D eigenvalue weighted by molar-refractivity contribution is 8.27. The lowest BCUT2D eigenvalue weighted by Gasteiger charge is -2.14. The third kappa shape index (κ3) is 3.87. The number of amides is 1. The molecule has 7 heteroatoms. The molecule has 1 aromatic heterocycles. The highest BCUT2D eigenvalue weighted by Gasteiger charge is 2.33. The molecule has 1 aliphatic rings. The van der Waals surface area contributed by atoms with Crippen LogP contribution < -0.4 is 10.0 Å². The SMILES string of the molecule is Cc1cccc(N2C(=O)/C(=C/c3ccc(-c4ccc(C(=O)[O-])cc4)o3)SC2=S)c1. The Labute approximate surface area is 176 Å². The lowest BCUT2D eigenvalue weighted by Crippen LogP contribution is -2.27. The number of anilines is 1. The van der Waals surface area contributed by atoms with E-state index in [1.807, 2.05) is 31.2 Å². The molecule has 1 fully saturated rings. The van der Waals surface area contributed by atoms with Gasteiger partial charge in [0, 0.05) is 11.6 Å². The summed E-state index contributed by atoms with van der Waals surface area (Å²) in [4.78, 5) is 25.7. The molecule has 1 amide bonds. The van der Waals surface area contributed by atoms with Crippen LogP contribution in [-0.4, -0.2) is 16.2 Å². The third-order valence-electron chi connectivity index (χ3n) is 4.36. The number of carbonyl (C=O) groups is 2. The van der Waals surface area contributed by atoms with Gasteiger partial charge in [0.05, 0.1) is 16.6 Å². The second-order valence-corrected chi connectivity index (χ2v) is 8.10. The van der Waals surface area contributed by atoms with Crippen molar-refractivity contribution in [1.82, 2.24) is 0 Å². The van der Waals surface area contributed by atoms with Crippen molar-refractivity contribution in [2.24, 2.45) is 0 Å². The molecule has 0 radical (unpaired) electrons. The fourth-order valence-electron chi connectivity index (χ4n) is 2.94. The van der Waals surface area contributed by atoms with Crippen LogP contribution in [0.15, 0.2) is 70.0 Å². The van der Waals surface area contributed by atoms with Crippen LogP contribution in [0, 0.1) is 6.92 Å². The number of hydrogen-bond donors (Lipinski definition) is 0. The molecule has 4 rings (SSSR count). The van der Waals surface area contributed by atoms with Crippen LogP contribution in [0.1, 0.15) is 21.7 Å². The molecule has 0 N–H and O–H groups in total. The molecular weight excluding hydrogens is 406 g/mol. The largest absolute Gasteiger partial charge is 0.545 e. The van der Waals surface area contributed by atoms with Gasteiger partial charge in [-0.1, -0.05) is 60.4 Å². The number of thiocarbonyl (C=S) groups is 1. The van der Waals surface area contributed by atoms with Crippen molar-refractivity contribution >= 4 is 51.9 Å². The first-order valence-electron chi connectivity index (χ1n) is 8.68. The summed E-state index contributed by atoms with van der Waals surface area (Å²) in [6.07, 6.45) is 1.66. The minimum Gasteiger partial charge on any atom is -0.545 e. The van der Waals surface area contributed by atoms with E-state index in [0.717, 1.165) is 16.8 Å². The van der Waals surface area contributed by atoms with Crippen LogP contribution in [0.3, 0.4) is 0 Å². The van der Waals surface area contributed by atoms with Crippen LogP contribution in [0.25, 0.3) is 17.4 Å². The highest BCUT2D eigenvalue weighted by atomic mass is 32.2. The van der Waals surface area contributed by atoms with E-state index >= 15 is 0 Å². The number of aryl methyl sites for hydroxylation is 1. The Hall–Kier alpha value is -3.16. The Kier molecular flexibility index (Phi) is 5.08. The molecule has 1 saturated heterocycles. The molecule has 0 atom stereocenters. The third-order valence-corrected chi connectivity index (χ3v) is 5.66. The van der Waals surface area contributed by atoms with Crippen molar-refractivity contribution in [1.29, 1.82) is 0 Å². The van der Waals surface area contributed by atoms with E-state index in [9.17, 15) is 14.7 Å². The molecule has 5 nitrogen and oxygen atoms in total. The Morgan fingerprint density at radius 2 is 1.90 bits per heavy atom. The van der Waals surface area contributed by atoms with Gasteiger partial charge in [-0.2, -0.15) is 0 Å². The molecular formula is C22H14NO4S2-. The molecule has 0 spiro atoms. The van der Waals surface area contributed by atoms with E-state index in [0.29, 0.717) is 20.7 Å². The van der Waals surface area contributed by atoms with E-state index in [1.54, 1.807) is 30.3 Å². The minimum atomic E-state index is -1.23. The Bertz CT molecular complexity index is 1160. The molecule has 3 aromatic rings. The number of carboxylic acid groups (broad SMARTS) is 1. The second-order valence-electron chi connectivity index (χ2n) is 6.42. The average Bonchev–Trinajstić information content (AvgIpc) is 3.26. The number of furan rings is 1. The number of thioether (sulfide) groups is 1. The lowest BCUT2D eigenvalue weighted by molar-refractivity contribution is -0.255. The number of nitrogens with zero attached hydrogens (tertiary/aromatic N) is 1. The monoisotopic (exact) mass is 420 g/mol. The van der Waals surface area contributed by atoms with Gasteiger partial charge in [-0.25, -0.2) is 0 Å². The summed E-state index contributed by atoms with van der Waals surface area (Å²) in [5.74, 6) is -0.349.